The average Bonchev–Trinajstić information content (AvgIpc) is 3.58. The number of amides is 1. The molecule has 0 radical (unpaired) electrons. The van der Waals surface area contributed by atoms with Crippen molar-refractivity contribution in [3.8, 4) is 11.3 Å². The van der Waals surface area contributed by atoms with Crippen LogP contribution in [0.25, 0.3) is 11.3 Å². The predicted molar refractivity (Wildman–Crippen MR) is 196 cm³/mol. The predicted octanol–water partition coefficient (Wildman–Crippen LogP) is 5.56. The van der Waals surface area contributed by atoms with Crippen LogP contribution in [-0.4, -0.2) is 69.8 Å². The Hall–Kier alpha value is -4.81. The van der Waals surface area contributed by atoms with Gasteiger partial charge in [0.1, 0.15) is 18.1 Å². The number of carbonyl (C=O) groups excluding carboxylic acids is 2. The minimum absolute atomic E-state index is 0.0670. The summed E-state index contributed by atoms with van der Waals surface area (Å²) in [7, 11) is 1.61. The molecule has 0 bridgehead atoms. The van der Waals surface area contributed by atoms with Gasteiger partial charge in [0.2, 0.25) is 0 Å². The Kier molecular flexibility index (Phi) is 8.77. The molecule has 0 unspecified atom stereocenters. The highest BCUT2D eigenvalue weighted by atomic mass is 19.1. The molecule has 8 rings (SSSR count). The topological polar surface area (TPSA) is 111 Å². The van der Waals surface area contributed by atoms with E-state index >= 15 is 4.39 Å². The number of aromatic nitrogens is 3. The first-order valence-electron chi connectivity index (χ1n) is 18.2. The molecule has 0 saturated carbocycles. The third-order valence-corrected chi connectivity index (χ3v) is 11.2. The van der Waals surface area contributed by atoms with E-state index in [9.17, 15) is 14.4 Å². The normalized spacial score (nSPS) is 18.9. The van der Waals surface area contributed by atoms with Gasteiger partial charge in [-0.15, -0.1) is 0 Å². The minimum Gasteiger partial charge on any atom is -0.461 e. The molecule has 12 heteroatoms. The summed E-state index contributed by atoms with van der Waals surface area (Å²) in [5.74, 6) is -0.796. The Balaban J connectivity index is 1.08. The summed E-state index contributed by atoms with van der Waals surface area (Å²) >= 11 is 0. The van der Waals surface area contributed by atoms with Crippen molar-refractivity contribution in [2.75, 3.05) is 43.1 Å². The smallest absolute Gasteiger partial charge is 0.302 e. The fraction of sp³-hybridized carbons (Fsp3) is 0.450. The van der Waals surface area contributed by atoms with Crippen LogP contribution in [0.5, 0.6) is 0 Å². The maximum Gasteiger partial charge on any atom is 0.302 e. The number of hydrogen-bond donors (Lipinski definition) is 1. The highest BCUT2D eigenvalue weighted by Gasteiger charge is 2.38. The van der Waals surface area contributed by atoms with E-state index in [4.69, 9.17) is 14.5 Å². The van der Waals surface area contributed by atoms with Gasteiger partial charge in [0.25, 0.3) is 11.5 Å². The third-order valence-electron chi connectivity index (χ3n) is 11.2. The average molecular weight is 709 g/mol. The van der Waals surface area contributed by atoms with Crippen LogP contribution in [0.3, 0.4) is 0 Å². The van der Waals surface area contributed by atoms with E-state index in [0.29, 0.717) is 58.9 Å². The van der Waals surface area contributed by atoms with Crippen molar-refractivity contribution < 1.29 is 23.5 Å². The summed E-state index contributed by atoms with van der Waals surface area (Å²) < 4.78 is 30.0. The summed E-state index contributed by atoms with van der Waals surface area (Å²) in [5, 5.41) is 3.18. The van der Waals surface area contributed by atoms with E-state index in [1.165, 1.54) is 46.6 Å². The molecule has 1 amide bonds. The van der Waals surface area contributed by atoms with E-state index in [-0.39, 0.29) is 29.3 Å². The van der Waals surface area contributed by atoms with Gasteiger partial charge in [-0.3, -0.25) is 19.3 Å². The molecule has 0 spiro atoms. The van der Waals surface area contributed by atoms with Gasteiger partial charge in [0.15, 0.2) is 5.82 Å². The van der Waals surface area contributed by atoms with Gasteiger partial charge in [-0.2, -0.15) is 0 Å². The second-order valence-electron chi connectivity index (χ2n) is 15.5. The number of benzene rings is 2. The highest BCUT2D eigenvalue weighted by molar-refractivity contribution is 6.07. The molecule has 3 aliphatic heterocycles. The molecule has 1 aliphatic carbocycles. The quantitative estimate of drug-likeness (QED) is 0.237. The van der Waals surface area contributed by atoms with Crippen molar-refractivity contribution in [3.63, 3.8) is 0 Å². The molecule has 1 N–H and O–H groups in total. The zero-order valence-corrected chi connectivity index (χ0v) is 30.2. The van der Waals surface area contributed by atoms with Gasteiger partial charge >= 0.3 is 5.97 Å². The van der Waals surface area contributed by atoms with Crippen LogP contribution in [0.4, 0.5) is 21.6 Å². The molecule has 11 nitrogen and oxygen atoms in total. The number of rotatable bonds is 8. The maximum atomic E-state index is 15.6. The van der Waals surface area contributed by atoms with Crippen molar-refractivity contribution in [1.82, 2.24) is 19.0 Å². The summed E-state index contributed by atoms with van der Waals surface area (Å²) in [5.41, 5.74) is 6.04. The summed E-state index contributed by atoms with van der Waals surface area (Å²) in [6.45, 7) is 10.2. The lowest BCUT2D eigenvalue weighted by atomic mass is 9.88. The van der Waals surface area contributed by atoms with Gasteiger partial charge in [-0.25, -0.2) is 9.37 Å². The molecule has 2 fully saturated rings. The number of esters is 1. The lowest BCUT2D eigenvalue weighted by Crippen LogP contribution is -2.51. The molecular formula is C40H45FN6O5. The monoisotopic (exact) mass is 708 g/mol. The molecule has 0 atom stereocenters. The number of piperidine rings is 1. The Morgan fingerprint density at radius 1 is 1.04 bits per heavy atom. The highest BCUT2D eigenvalue weighted by Crippen LogP contribution is 2.41. The number of hydrogen-bond acceptors (Lipinski definition) is 8. The zero-order chi connectivity index (χ0) is 36.3. The van der Waals surface area contributed by atoms with Crippen LogP contribution in [0.15, 0.2) is 53.5 Å². The summed E-state index contributed by atoms with van der Waals surface area (Å²) in [6, 6.07) is 13.3. The van der Waals surface area contributed by atoms with E-state index in [1.807, 2.05) is 18.2 Å². The Morgan fingerprint density at radius 2 is 1.79 bits per heavy atom. The standard InChI is InChI=1S/C40H45FN6O5/c1-24(48)52-23-32-31(16-28(41)17-34(32)47-14-13-46-35(38(47)49)15-27-18-40(2,3)19-36(27)46)33-20-44(4)39(50)37(43-33)42-29-7-5-25(6-8-29)26-9-11-45(12-10-26)30-21-51-22-30/h5-8,15-17,20,26,30H,9-14,18-19,21-23H2,1-4H3,(H,42,43). The summed E-state index contributed by atoms with van der Waals surface area (Å²) in [4.78, 5) is 48.3. The van der Waals surface area contributed by atoms with E-state index < -0.39 is 11.8 Å². The van der Waals surface area contributed by atoms with Crippen LogP contribution < -0.4 is 15.8 Å². The number of nitrogens with one attached hydrogen (secondary N) is 1. The number of likely N-dealkylation sites (tertiary alicyclic amines) is 1. The molecule has 52 heavy (non-hydrogen) atoms. The lowest BCUT2D eigenvalue weighted by Gasteiger charge is -2.41. The van der Waals surface area contributed by atoms with Gasteiger partial charge in [-0.05, 0) is 91.6 Å². The molecule has 2 aromatic heterocycles. The molecule has 5 heterocycles. The minimum atomic E-state index is -0.581. The van der Waals surface area contributed by atoms with Gasteiger partial charge in [-0.1, -0.05) is 26.0 Å². The van der Waals surface area contributed by atoms with Crippen molar-refractivity contribution in [2.45, 2.75) is 71.6 Å². The van der Waals surface area contributed by atoms with E-state index in [0.717, 1.165) is 52.0 Å². The van der Waals surface area contributed by atoms with Crippen LogP contribution in [0.2, 0.25) is 0 Å². The Bertz CT molecular complexity index is 2110. The Morgan fingerprint density at radius 3 is 2.48 bits per heavy atom. The zero-order valence-electron chi connectivity index (χ0n) is 30.2. The molecule has 4 aromatic rings. The summed E-state index contributed by atoms with van der Waals surface area (Å²) in [6.07, 6.45) is 5.51. The second-order valence-corrected chi connectivity index (χ2v) is 15.5. The molecule has 2 aromatic carbocycles. The number of fused-ring (bicyclic) bond motifs is 3. The van der Waals surface area contributed by atoms with Gasteiger partial charge in [0.05, 0.1) is 30.6 Å². The largest absolute Gasteiger partial charge is 0.461 e. The molecule has 4 aliphatic rings. The van der Waals surface area contributed by atoms with Crippen molar-refractivity contribution >= 4 is 29.1 Å². The first kappa shape index (κ1) is 34.3. The first-order valence-corrected chi connectivity index (χ1v) is 18.2. The fourth-order valence-electron chi connectivity index (χ4n) is 8.38. The molecule has 272 valence electrons. The second kappa shape index (κ2) is 13.3. The molecular weight excluding hydrogens is 663 g/mol. The number of carbonyl (C=O) groups is 2. The van der Waals surface area contributed by atoms with E-state index in [2.05, 4.69) is 40.8 Å². The van der Waals surface area contributed by atoms with Crippen LogP contribution >= 0.6 is 0 Å². The number of nitrogens with zero attached hydrogens (tertiary/aromatic N) is 5. The first-order chi connectivity index (χ1) is 24.9. The van der Waals surface area contributed by atoms with Crippen molar-refractivity contribution in [1.29, 1.82) is 0 Å². The van der Waals surface area contributed by atoms with Crippen LogP contribution in [0.1, 0.15) is 72.4 Å². The van der Waals surface area contributed by atoms with Gasteiger partial charge < -0.3 is 28.8 Å². The molecule has 2 saturated heterocycles. The van der Waals surface area contributed by atoms with Gasteiger partial charge in [0, 0.05) is 55.8 Å². The number of halogens is 1. The SMILES string of the molecule is CC(=O)OCc1c(-c2cn(C)c(=O)c(Nc3ccc(C4CCN(C5COC5)CC4)cc3)n2)cc(F)cc1N1CCn2c(cc3c2CC(C)(C)C3)C1=O. The number of aryl methyl sites for hydroxylation is 1. The van der Waals surface area contributed by atoms with Crippen LogP contribution in [-0.2, 0) is 47.3 Å². The van der Waals surface area contributed by atoms with Crippen LogP contribution in [0, 0.1) is 11.2 Å². The maximum absolute atomic E-state index is 15.6. The fourth-order valence-corrected chi connectivity index (χ4v) is 8.38. The third kappa shape index (κ3) is 6.43. The van der Waals surface area contributed by atoms with Crippen molar-refractivity contribution in [2.24, 2.45) is 12.5 Å². The lowest BCUT2D eigenvalue weighted by molar-refractivity contribution is -0.142. The van der Waals surface area contributed by atoms with E-state index in [1.54, 1.807) is 11.9 Å². The number of ether oxygens (including phenoxy) is 2. The number of anilines is 3. The Labute approximate surface area is 302 Å². The van der Waals surface area contributed by atoms with Crippen molar-refractivity contribution in [3.05, 3.63) is 92.9 Å².